The van der Waals surface area contributed by atoms with Gasteiger partial charge in [-0.25, -0.2) is 0 Å². The lowest BCUT2D eigenvalue weighted by atomic mass is 9.96. The van der Waals surface area contributed by atoms with E-state index in [1.54, 1.807) is 0 Å². The number of rotatable bonds is 7. The number of benzene rings is 2. The summed E-state index contributed by atoms with van der Waals surface area (Å²) in [4.78, 5) is 11.2. The van der Waals surface area contributed by atoms with E-state index in [1.807, 2.05) is 73.2 Å². The van der Waals surface area contributed by atoms with Crippen molar-refractivity contribution >= 4 is 23.0 Å². The Morgan fingerprint density at radius 1 is 0.875 bits per heavy atom. The fourth-order valence-corrected chi connectivity index (χ4v) is 5.76. The van der Waals surface area contributed by atoms with Gasteiger partial charge in [0.15, 0.2) is 5.11 Å². The fourth-order valence-electron chi connectivity index (χ4n) is 5.41. The largest absolute Gasteiger partial charge is 0.457 e. The average molecular weight is 546 g/mol. The van der Waals surface area contributed by atoms with Crippen LogP contribution in [0.5, 0.6) is 11.5 Å². The zero-order chi connectivity index (χ0) is 27.6. The third-order valence-electron chi connectivity index (χ3n) is 7.46. The van der Waals surface area contributed by atoms with Gasteiger partial charge in [-0.15, -0.1) is 0 Å². The van der Waals surface area contributed by atoms with Crippen molar-refractivity contribution in [1.82, 2.24) is 19.9 Å². The molecular formula is C33H31N5OS. The number of ether oxygens (including phenoxy) is 1. The molecule has 1 fully saturated rings. The van der Waals surface area contributed by atoms with Crippen LogP contribution in [-0.2, 0) is 6.54 Å². The summed E-state index contributed by atoms with van der Waals surface area (Å²) < 4.78 is 8.44. The maximum Gasteiger partial charge on any atom is 0.174 e. The first-order valence-electron chi connectivity index (χ1n) is 13.4. The normalized spacial score (nSPS) is 16.7. The Bertz CT molecular complexity index is 1620. The molecule has 0 aliphatic carbocycles. The van der Waals surface area contributed by atoms with E-state index in [1.165, 1.54) is 28.1 Å². The molecule has 1 saturated heterocycles. The van der Waals surface area contributed by atoms with Gasteiger partial charge in [-0.1, -0.05) is 29.8 Å². The minimum absolute atomic E-state index is 0.0832. The predicted molar refractivity (Wildman–Crippen MR) is 163 cm³/mol. The molecule has 40 heavy (non-hydrogen) atoms. The van der Waals surface area contributed by atoms with Crippen molar-refractivity contribution in [2.75, 3.05) is 4.90 Å². The van der Waals surface area contributed by atoms with Crippen LogP contribution in [-0.4, -0.2) is 19.6 Å². The second-order valence-electron chi connectivity index (χ2n) is 10.2. The second kappa shape index (κ2) is 10.9. The van der Waals surface area contributed by atoms with Gasteiger partial charge in [0.1, 0.15) is 11.5 Å². The summed E-state index contributed by atoms with van der Waals surface area (Å²) in [5, 5.41) is 4.25. The second-order valence-corrected chi connectivity index (χ2v) is 10.6. The Labute approximate surface area is 240 Å². The molecule has 7 heteroatoms. The van der Waals surface area contributed by atoms with E-state index in [9.17, 15) is 0 Å². The standard InChI is InChI=1S/C33H31N5OS/c1-22-9-13-27(14-10-22)39-28-15-11-26(12-16-28)38-32(31(36-33(38)40)30-8-4-5-18-35-30)29-19-23(2)37(24(29)3)21-25-7-6-17-34-20-25/h4-20,31-32H,21H2,1-3H3,(H,36,40)/t31-,32+/m1/s1. The first kappa shape index (κ1) is 25.8. The fraction of sp³-hybridized carbons (Fsp3) is 0.182. The Kier molecular flexibility index (Phi) is 7.05. The summed E-state index contributed by atoms with van der Waals surface area (Å²) in [5.74, 6) is 1.59. The van der Waals surface area contributed by atoms with Crippen LogP contribution < -0.4 is 15.0 Å². The van der Waals surface area contributed by atoms with Gasteiger partial charge in [0.2, 0.25) is 0 Å². The van der Waals surface area contributed by atoms with E-state index >= 15 is 0 Å². The van der Waals surface area contributed by atoms with Gasteiger partial charge >= 0.3 is 0 Å². The van der Waals surface area contributed by atoms with Crippen molar-refractivity contribution in [3.63, 3.8) is 0 Å². The molecule has 0 amide bonds. The summed E-state index contributed by atoms with van der Waals surface area (Å²) in [6.45, 7) is 7.17. The molecule has 2 atom stereocenters. The topological polar surface area (TPSA) is 55.2 Å². The number of aromatic nitrogens is 3. The van der Waals surface area contributed by atoms with Gasteiger partial charge in [0.05, 0.1) is 17.8 Å². The van der Waals surface area contributed by atoms with Gasteiger partial charge in [-0.05, 0) is 105 Å². The van der Waals surface area contributed by atoms with E-state index in [4.69, 9.17) is 21.9 Å². The highest BCUT2D eigenvalue weighted by molar-refractivity contribution is 7.80. The molecule has 1 aliphatic rings. The predicted octanol–water partition coefficient (Wildman–Crippen LogP) is 7.22. The highest BCUT2D eigenvalue weighted by Gasteiger charge is 2.42. The highest BCUT2D eigenvalue weighted by atomic mass is 32.1. The molecule has 0 bridgehead atoms. The number of pyridine rings is 2. The SMILES string of the molecule is Cc1ccc(Oc2ccc(N3C(=S)N[C@H](c4ccccn4)[C@@H]3c3cc(C)n(Cc4cccnc4)c3C)cc2)cc1. The van der Waals surface area contributed by atoms with Crippen LogP contribution in [0.15, 0.2) is 104 Å². The van der Waals surface area contributed by atoms with Crippen LogP contribution in [0.2, 0.25) is 0 Å². The Morgan fingerprint density at radius 3 is 2.30 bits per heavy atom. The molecule has 3 aromatic heterocycles. The number of hydrogen-bond donors (Lipinski definition) is 1. The zero-order valence-corrected chi connectivity index (χ0v) is 23.6. The molecule has 1 aliphatic heterocycles. The lowest BCUT2D eigenvalue weighted by Crippen LogP contribution is -2.29. The van der Waals surface area contributed by atoms with E-state index in [0.717, 1.165) is 29.4 Å². The molecule has 1 N–H and O–H groups in total. The van der Waals surface area contributed by atoms with Crippen molar-refractivity contribution in [1.29, 1.82) is 0 Å². The summed E-state index contributed by atoms with van der Waals surface area (Å²) in [5.41, 5.74) is 7.91. The van der Waals surface area contributed by atoms with Crippen LogP contribution in [0.4, 0.5) is 5.69 Å². The molecule has 6 nitrogen and oxygen atoms in total. The molecular weight excluding hydrogens is 514 g/mol. The van der Waals surface area contributed by atoms with Crippen molar-refractivity contribution in [3.8, 4) is 11.5 Å². The first-order valence-corrected chi connectivity index (χ1v) is 13.8. The van der Waals surface area contributed by atoms with Crippen molar-refractivity contribution in [2.45, 2.75) is 39.4 Å². The third kappa shape index (κ3) is 5.08. The molecule has 200 valence electrons. The molecule has 5 aromatic rings. The molecule has 0 unspecified atom stereocenters. The van der Waals surface area contributed by atoms with Gasteiger partial charge in [-0.2, -0.15) is 0 Å². The van der Waals surface area contributed by atoms with Gasteiger partial charge in [0.25, 0.3) is 0 Å². The zero-order valence-electron chi connectivity index (χ0n) is 22.8. The van der Waals surface area contributed by atoms with E-state index in [2.05, 4.69) is 70.9 Å². The maximum atomic E-state index is 6.09. The minimum atomic E-state index is -0.107. The third-order valence-corrected chi connectivity index (χ3v) is 7.78. The lowest BCUT2D eigenvalue weighted by Gasteiger charge is -2.28. The van der Waals surface area contributed by atoms with Crippen LogP contribution in [0.3, 0.4) is 0 Å². The van der Waals surface area contributed by atoms with E-state index < -0.39 is 0 Å². The van der Waals surface area contributed by atoms with Crippen LogP contribution >= 0.6 is 12.2 Å². The van der Waals surface area contributed by atoms with Crippen LogP contribution in [0.1, 0.15) is 45.9 Å². The van der Waals surface area contributed by atoms with Crippen molar-refractivity contribution in [3.05, 3.63) is 137 Å². The minimum Gasteiger partial charge on any atom is -0.457 e. The smallest absolute Gasteiger partial charge is 0.174 e. The van der Waals surface area contributed by atoms with E-state index in [0.29, 0.717) is 5.11 Å². The number of hydrogen-bond acceptors (Lipinski definition) is 4. The van der Waals surface area contributed by atoms with Crippen LogP contribution in [0.25, 0.3) is 0 Å². The number of anilines is 1. The molecule has 2 aromatic carbocycles. The van der Waals surface area contributed by atoms with Gasteiger partial charge in [0, 0.05) is 42.2 Å². The average Bonchev–Trinajstić information content (AvgIpc) is 3.46. The highest BCUT2D eigenvalue weighted by Crippen LogP contribution is 2.43. The Hall–Kier alpha value is -4.49. The molecule has 0 saturated carbocycles. The summed E-state index contributed by atoms with van der Waals surface area (Å²) in [6.07, 6.45) is 5.57. The van der Waals surface area contributed by atoms with Crippen molar-refractivity contribution < 1.29 is 4.74 Å². The number of thiocarbonyl (C=S) groups is 1. The maximum absolute atomic E-state index is 6.09. The summed E-state index contributed by atoms with van der Waals surface area (Å²) >= 11 is 5.96. The number of aryl methyl sites for hydroxylation is 2. The van der Waals surface area contributed by atoms with Gasteiger partial charge in [-0.3, -0.25) is 9.97 Å². The molecule has 0 spiro atoms. The molecule has 6 rings (SSSR count). The van der Waals surface area contributed by atoms with Gasteiger partial charge < -0.3 is 19.5 Å². The van der Waals surface area contributed by atoms with Crippen molar-refractivity contribution in [2.24, 2.45) is 0 Å². The molecule has 0 radical (unpaired) electrons. The number of nitrogens with one attached hydrogen (secondary N) is 1. The lowest BCUT2D eigenvalue weighted by molar-refractivity contribution is 0.482. The monoisotopic (exact) mass is 545 g/mol. The first-order chi connectivity index (χ1) is 19.5. The summed E-state index contributed by atoms with van der Waals surface area (Å²) in [7, 11) is 0. The van der Waals surface area contributed by atoms with Crippen LogP contribution in [0, 0.1) is 20.8 Å². The number of nitrogens with zero attached hydrogens (tertiary/aromatic N) is 4. The van der Waals surface area contributed by atoms with E-state index in [-0.39, 0.29) is 12.1 Å². The Balaban J connectivity index is 1.37. The summed E-state index contributed by atoms with van der Waals surface area (Å²) in [6, 6.07) is 28.4. The quantitative estimate of drug-likeness (QED) is 0.218. The Morgan fingerprint density at radius 2 is 1.62 bits per heavy atom. The molecule has 4 heterocycles.